The minimum atomic E-state index is 0.112. The zero-order valence-corrected chi connectivity index (χ0v) is 8.22. The van der Waals surface area contributed by atoms with Crippen LogP contribution in [-0.2, 0) is 6.42 Å². The molecule has 0 aliphatic rings. The van der Waals surface area contributed by atoms with Crippen molar-refractivity contribution in [3.05, 3.63) is 54.2 Å². The number of nitrogens with zero attached hydrogens (tertiary/aromatic N) is 1. The van der Waals surface area contributed by atoms with Crippen LogP contribution in [0.15, 0.2) is 47.5 Å². The molecule has 0 saturated heterocycles. The minimum Gasteiger partial charge on any atom is -0.472 e. The molecular formula is C12H11NO2. The molecule has 0 saturated carbocycles. The molecule has 0 atom stereocenters. The Morgan fingerprint density at radius 1 is 1.27 bits per heavy atom. The Bertz CT molecular complexity index is 420. The van der Waals surface area contributed by atoms with Crippen molar-refractivity contribution in [1.29, 1.82) is 0 Å². The Morgan fingerprint density at radius 2 is 2.07 bits per heavy atom. The van der Waals surface area contributed by atoms with Gasteiger partial charge in [0.1, 0.15) is 6.26 Å². The smallest absolute Gasteiger partial charge is 0.166 e. The molecule has 2 heterocycles. The second-order valence-corrected chi connectivity index (χ2v) is 3.29. The standard InChI is InChI=1S/C12H11NO2/c14-12(11-5-8-15-9-11)2-1-10-3-6-13-7-4-10/h3-9H,1-2H2. The van der Waals surface area contributed by atoms with Crippen LogP contribution in [0.3, 0.4) is 0 Å². The summed E-state index contributed by atoms with van der Waals surface area (Å²) in [5.74, 6) is 0.112. The van der Waals surface area contributed by atoms with E-state index < -0.39 is 0 Å². The highest BCUT2D eigenvalue weighted by molar-refractivity contribution is 5.95. The molecule has 0 amide bonds. The van der Waals surface area contributed by atoms with Gasteiger partial charge in [0, 0.05) is 18.8 Å². The normalized spacial score (nSPS) is 10.1. The number of ketones is 1. The number of hydrogen-bond donors (Lipinski definition) is 0. The number of rotatable bonds is 4. The molecule has 2 aromatic heterocycles. The summed E-state index contributed by atoms with van der Waals surface area (Å²) in [6.07, 6.45) is 7.71. The van der Waals surface area contributed by atoms with Gasteiger partial charge in [-0.15, -0.1) is 0 Å². The summed E-state index contributed by atoms with van der Waals surface area (Å²) in [7, 11) is 0. The number of pyridine rings is 1. The molecule has 0 N–H and O–H groups in total. The first-order valence-corrected chi connectivity index (χ1v) is 4.80. The summed E-state index contributed by atoms with van der Waals surface area (Å²) in [5.41, 5.74) is 1.77. The summed E-state index contributed by atoms with van der Waals surface area (Å²) in [5, 5.41) is 0. The van der Waals surface area contributed by atoms with Crippen LogP contribution < -0.4 is 0 Å². The number of hydrogen-bond acceptors (Lipinski definition) is 3. The lowest BCUT2D eigenvalue weighted by Gasteiger charge is -1.98. The molecule has 0 spiro atoms. The van der Waals surface area contributed by atoms with Gasteiger partial charge in [-0.05, 0) is 30.2 Å². The maximum Gasteiger partial charge on any atom is 0.166 e. The van der Waals surface area contributed by atoms with Crippen molar-refractivity contribution in [2.75, 3.05) is 0 Å². The van der Waals surface area contributed by atoms with E-state index in [9.17, 15) is 4.79 Å². The van der Waals surface area contributed by atoms with Gasteiger partial charge >= 0.3 is 0 Å². The van der Waals surface area contributed by atoms with Gasteiger partial charge in [-0.3, -0.25) is 9.78 Å². The number of furan rings is 1. The summed E-state index contributed by atoms with van der Waals surface area (Å²) in [6.45, 7) is 0. The van der Waals surface area contributed by atoms with Crippen molar-refractivity contribution < 1.29 is 9.21 Å². The van der Waals surface area contributed by atoms with Crippen LogP contribution in [0.4, 0.5) is 0 Å². The van der Waals surface area contributed by atoms with Crippen molar-refractivity contribution in [3.63, 3.8) is 0 Å². The molecular weight excluding hydrogens is 190 g/mol. The van der Waals surface area contributed by atoms with Crippen LogP contribution in [-0.4, -0.2) is 10.8 Å². The lowest BCUT2D eigenvalue weighted by atomic mass is 10.1. The zero-order valence-electron chi connectivity index (χ0n) is 8.22. The molecule has 0 radical (unpaired) electrons. The maximum atomic E-state index is 11.6. The van der Waals surface area contributed by atoms with Crippen molar-refractivity contribution in [2.45, 2.75) is 12.8 Å². The van der Waals surface area contributed by atoms with Gasteiger partial charge in [0.05, 0.1) is 11.8 Å². The van der Waals surface area contributed by atoms with E-state index in [2.05, 4.69) is 4.98 Å². The van der Waals surface area contributed by atoms with Gasteiger partial charge in [-0.2, -0.15) is 0 Å². The summed E-state index contributed by atoms with van der Waals surface area (Å²) >= 11 is 0. The van der Waals surface area contributed by atoms with Crippen molar-refractivity contribution in [1.82, 2.24) is 4.98 Å². The molecule has 0 fully saturated rings. The molecule has 0 bridgehead atoms. The average Bonchev–Trinajstić information content (AvgIpc) is 2.81. The van der Waals surface area contributed by atoms with Gasteiger partial charge in [0.15, 0.2) is 5.78 Å². The monoisotopic (exact) mass is 201 g/mol. The predicted molar refractivity (Wildman–Crippen MR) is 55.6 cm³/mol. The van der Waals surface area contributed by atoms with Gasteiger partial charge in [0.25, 0.3) is 0 Å². The zero-order chi connectivity index (χ0) is 10.5. The predicted octanol–water partition coefficient (Wildman–Crippen LogP) is 2.49. The van der Waals surface area contributed by atoms with E-state index in [1.165, 1.54) is 12.5 Å². The van der Waals surface area contributed by atoms with Crippen molar-refractivity contribution >= 4 is 5.78 Å². The topological polar surface area (TPSA) is 43.1 Å². The number of carbonyl (C=O) groups is 1. The molecule has 0 unspecified atom stereocenters. The lowest BCUT2D eigenvalue weighted by Crippen LogP contribution is -1.99. The van der Waals surface area contributed by atoms with Gasteiger partial charge in [-0.25, -0.2) is 0 Å². The lowest BCUT2D eigenvalue weighted by molar-refractivity contribution is 0.0982. The van der Waals surface area contributed by atoms with Crippen LogP contribution in [0.5, 0.6) is 0 Å². The van der Waals surface area contributed by atoms with Crippen LogP contribution >= 0.6 is 0 Å². The van der Waals surface area contributed by atoms with Gasteiger partial charge in [0.2, 0.25) is 0 Å². The van der Waals surface area contributed by atoms with E-state index in [1.807, 2.05) is 12.1 Å². The quantitative estimate of drug-likeness (QED) is 0.714. The second-order valence-electron chi connectivity index (χ2n) is 3.29. The van der Waals surface area contributed by atoms with E-state index in [1.54, 1.807) is 18.5 Å². The molecule has 15 heavy (non-hydrogen) atoms. The van der Waals surface area contributed by atoms with E-state index in [4.69, 9.17) is 4.42 Å². The highest BCUT2D eigenvalue weighted by Crippen LogP contribution is 2.08. The number of aromatic nitrogens is 1. The third kappa shape index (κ3) is 2.53. The van der Waals surface area contributed by atoms with Gasteiger partial charge in [-0.1, -0.05) is 0 Å². The fourth-order valence-corrected chi connectivity index (χ4v) is 1.37. The van der Waals surface area contributed by atoms with E-state index in [0.717, 1.165) is 12.0 Å². The van der Waals surface area contributed by atoms with E-state index in [-0.39, 0.29) is 5.78 Å². The SMILES string of the molecule is O=C(CCc1ccncc1)c1ccoc1. The first-order chi connectivity index (χ1) is 7.36. The number of aryl methyl sites for hydroxylation is 1. The minimum absolute atomic E-state index is 0.112. The van der Waals surface area contributed by atoms with E-state index in [0.29, 0.717) is 12.0 Å². The van der Waals surface area contributed by atoms with Crippen LogP contribution in [0, 0.1) is 0 Å². The fourth-order valence-electron chi connectivity index (χ4n) is 1.37. The average molecular weight is 201 g/mol. The summed E-state index contributed by atoms with van der Waals surface area (Å²) in [4.78, 5) is 15.5. The highest BCUT2D eigenvalue weighted by atomic mass is 16.3. The van der Waals surface area contributed by atoms with Crippen molar-refractivity contribution in [2.24, 2.45) is 0 Å². The maximum absolute atomic E-state index is 11.6. The Labute approximate surface area is 87.8 Å². The number of carbonyl (C=O) groups excluding carboxylic acids is 1. The second kappa shape index (κ2) is 4.55. The third-order valence-corrected chi connectivity index (χ3v) is 2.23. The molecule has 3 heteroatoms. The third-order valence-electron chi connectivity index (χ3n) is 2.23. The first kappa shape index (κ1) is 9.65. The molecule has 2 rings (SSSR count). The Balaban J connectivity index is 1.92. The molecule has 0 aliphatic heterocycles. The van der Waals surface area contributed by atoms with Crippen LogP contribution in [0.1, 0.15) is 22.3 Å². The summed E-state index contributed by atoms with van der Waals surface area (Å²) in [6, 6.07) is 5.53. The van der Waals surface area contributed by atoms with Crippen LogP contribution in [0.25, 0.3) is 0 Å². The molecule has 2 aromatic rings. The largest absolute Gasteiger partial charge is 0.472 e. The Hall–Kier alpha value is -1.90. The molecule has 0 aliphatic carbocycles. The molecule has 3 nitrogen and oxygen atoms in total. The summed E-state index contributed by atoms with van der Waals surface area (Å²) < 4.78 is 4.86. The Morgan fingerprint density at radius 3 is 2.73 bits per heavy atom. The van der Waals surface area contributed by atoms with E-state index >= 15 is 0 Å². The highest BCUT2D eigenvalue weighted by Gasteiger charge is 2.06. The fraction of sp³-hybridized carbons (Fsp3) is 0.167. The van der Waals surface area contributed by atoms with Crippen LogP contribution in [0.2, 0.25) is 0 Å². The van der Waals surface area contributed by atoms with Crippen molar-refractivity contribution in [3.8, 4) is 0 Å². The molecule has 76 valence electrons. The Kier molecular flexibility index (Phi) is 2.93. The van der Waals surface area contributed by atoms with Gasteiger partial charge < -0.3 is 4.42 Å². The molecule has 0 aromatic carbocycles. The number of Topliss-reactive ketones (excluding diaryl/α,β-unsaturated/α-hetero) is 1. The first-order valence-electron chi connectivity index (χ1n) is 4.80.